The predicted octanol–water partition coefficient (Wildman–Crippen LogP) is 0.973. The van der Waals surface area contributed by atoms with Crippen LogP contribution in [0.15, 0.2) is 29.2 Å². The lowest BCUT2D eigenvalue weighted by Crippen LogP contribution is -2.30. The van der Waals surface area contributed by atoms with Crippen LogP contribution in [0, 0.1) is 5.92 Å². The second-order valence-electron chi connectivity index (χ2n) is 4.62. The molecule has 1 aromatic rings. The Morgan fingerprint density at radius 2 is 2.11 bits per heavy atom. The van der Waals surface area contributed by atoms with Crippen LogP contribution in [0.4, 0.5) is 0 Å². The Bertz CT molecular complexity index is 493. The Morgan fingerprint density at radius 1 is 1.37 bits per heavy atom. The van der Waals surface area contributed by atoms with E-state index in [0.29, 0.717) is 24.8 Å². The molecule has 0 aromatic heterocycles. The minimum absolute atomic E-state index is 0.280. The molecule has 0 aliphatic carbocycles. The highest BCUT2D eigenvalue weighted by atomic mass is 32.2. The van der Waals surface area contributed by atoms with Crippen LogP contribution in [0.3, 0.4) is 0 Å². The molecule has 5 nitrogen and oxygen atoms in total. The average Bonchev–Trinajstić information content (AvgIpc) is 2.91. The van der Waals surface area contributed by atoms with Gasteiger partial charge in [0.2, 0.25) is 10.0 Å². The molecule has 1 aromatic carbocycles. The van der Waals surface area contributed by atoms with Crippen molar-refractivity contribution in [1.82, 2.24) is 10.0 Å². The van der Waals surface area contributed by atoms with E-state index in [0.717, 1.165) is 19.5 Å². The molecule has 1 aliphatic rings. The molecule has 0 amide bonds. The van der Waals surface area contributed by atoms with Gasteiger partial charge in [0.25, 0.3) is 0 Å². The van der Waals surface area contributed by atoms with Crippen molar-refractivity contribution in [3.05, 3.63) is 24.3 Å². The lowest BCUT2D eigenvalue weighted by atomic mass is 10.1. The molecule has 2 rings (SSSR count). The van der Waals surface area contributed by atoms with E-state index in [1.807, 2.05) is 6.92 Å². The van der Waals surface area contributed by atoms with Crippen LogP contribution in [0.25, 0.3) is 0 Å². The van der Waals surface area contributed by atoms with E-state index in [1.165, 1.54) is 0 Å². The van der Waals surface area contributed by atoms with Crippen molar-refractivity contribution in [2.45, 2.75) is 18.2 Å². The maximum atomic E-state index is 12.1. The highest BCUT2D eigenvalue weighted by Crippen LogP contribution is 2.16. The standard InChI is InChI=1S/C13H20N2O3S/c1-2-18-12-3-5-13(6-4-12)19(16,17)15-10-11-7-8-14-9-11/h3-6,11,14-15H,2,7-10H2,1H3. The third-order valence-corrected chi connectivity index (χ3v) is 4.61. The highest BCUT2D eigenvalue weighted by Gasteiger charge is 2.19. The molecule has 1 atom stereocenters. The monoisotopic (exact) mass is 284 g/mol. The third kappa shape index (κ3) is 3.92. The fourth-order valence-corrected chi connectivity index (χ4v) is 3.20. The summed E-state index contributed by atoms with van der Waals surface area (Å²) in [7, 11) is -3.41. The zero-order chi connectivity index (χ0) is 13.7. The zero-order valence-corrected chi connectivity index (χ0v) is 11.9. The Hall–Kier alpha value is -1.11. The summed E-state index contributed by atoms with van der Waals surface area (Å²) >= 11 is 0. The van der Waals surface area contributed by atoms with Crippen molar-refractivity contribution in [3.8, 4) is 5.75 Å². The molecule has 6 heteroatoms. The minimum Gasteiger partial charge on any atom is -0.494 e. The average molecular weight is 284 g/mol. The number of benzene rings is 1. The van der Waals surface area contributed by atoms with Crippen molar-refractivity contribution in [2.24, 2.45) is 5.92 Å². The van der Waals surface area contributed by atoms with E-state index in [1.54, 1.807) is 24.3 Å². The van der Waals surface area contributed by atoms with Gasteiger partial charge in [-0.3, -0.25) is 0 Å². The van der Waals surface area contributed by atoms with Gasteiger partial charge in [0.15, 0.2) is 0 Å². The summed E-state index contributed by atoms with van der Waals surface area (Å²) in [6.45, 7) is 4.80. The first kappa shape index (κ1) is 14.3. The van der Waals surface area contributed by atoms with Gasteiger partial charge in [-0.05, 0) is 56.6 Å². The molecule has 1 heterocycles. The largest absolute Gasteiger partial charge is 0.494 e. The molecule has 1 saturated heterocycles. The van der Waals surface area contributed by atoms with Crippen molar-refractivity contribution >= 4 is 10.0 Å². The van der Waals surface area contributed by atoms with Gasteiger partial charge in [-0.2, -0.15) is 0 Å². The second-order valence-corrected chi connectivity index (χ2v) is 6.38. The lowest BCUT2D eigenvalue weighted by molar-refractivity contribution is 0.340. The van der Waals surface area contributed by atoms with Gasteiger partial charge in [0.1, 0.15) is 5.75 Å². The Morgan fingerprint density at radius 3 is 2.68 bits per heavy atom. The molecule has 2 N–H and O–H groups in total. The van der Waals surface area contributed by atoms with Crippen molar-refractivity contribution in [2.75, 3.05) is 26.2 Å². The predicted molar refractivity (Wildman–Crippen MR) is 73.8 cm³/mol. The van der Waals surface area contributed by atoms with Crippen LogP contribution in [0.5, 0.6) is 5.75 Å². The van der Waals surface area contributed by atoms with Crippen LogP contribution < -0.4 is 14.8 Å². The van der Waals surface area contributed by atoms with Crippen LogP contribution in [-0.2, 0) is 10.0 Å². The van der Waals surface area contributed by atoms with Gasteiger partial charge in [0, 0.05) is 6.54 Å². The van der Waals surface area contributed by atoms with Crippen LogP contribution in [-0.4, -0.2) is 34.7 Å². The molecule has 1 aliphatic heterocycles. The summed E-state index contributed by atoms with van der Waals surface area (Å²) in [5, 5.41) is 3.22. The zero-order valence-electron chi connectivity index (χ0n) is 11.1. The van der Waals surface area contributed by atoms with Gasteiger partial charge in [-0.25, -0.2) is 13.1 Å². The Balaban J connectivity index is 1.97. The van der Waals surface area contributed by atoms with Gasteiger partial charge in [-0.15, -0.1) is 0 Å². The molecule has 0 radical (unpaired) electrons. The lowest BCUT2D eigenvalue weighted by Gasteiger charge is -2.11. The fraction of sp³-hybridized carbons (Fsp3) is 0.538. The molecule has 1 fully saturated rings. The first-order valence-electron chi connectivity index (χ1n) is 6.55. The summed E-state index contributed by atoms with van der Waals surface area (Å²) in [6, 6.07) is 6.49. The summed E-state index contributed by atoms with van der Waals surface area (Å²) in [5.41, 5.74) is 0. The van der Waals surface area contributed by atoms with Gasteiger partial charge in [-0.1, -0.05) is 0 Å². The van der Waals surface area contributed by atoms with E-state index in [-0.39, 0.29) is 4.90 Å². The summed E-state index contributed by atoms with van der Waals surface area (Å²) in [5.74, 6) is 1.07. The van der Waals surface area contributed by atoms with Gasteiger partial charge >= 0.3 is 0 Å². The number of hydrogen-bond acceptors (Lipinski definition) is 4. The number of nitrogens with one attached hydrogen (secondary N) is 2. The molecular weight excluding hydrogens is 264 g/mol. The first-order chi connectivity index (χ1) is 9.12. The molecule has 0 spiro atoms. The third-order valence-electron chi connectivity index (χ3n) is 3.17. The van der Waals surface area contributed by atoms with Gasteiger partial charge in [0.05, 0.1) is 11.5 Å². The molecule has 19 heavy (non-hydrogen) atoms. The second kappa shape index (κ2) is 6.36. The number of ether oxygens (including phenoxy) is 1. The van der Waals surface area contributed by atoms with Crippen molar-refractivity contribution < 1.29 is 13.2 Å². The minimum atomic E-state index is -3.41. The van der Waals surface area contributed by atoms with Gasteiger partial charge < -0.3 is 10.1 Å². The SMILES string of the molecule is CCOc1ccc(S(=O)(=O)NCC2CCNC2)cc1. The normalized spacial score (nSPS) is 19.5. The fourth-order valence-electron chi connectivity index (χ4n) is 2.08. The summed E-state index contributed by atoms with van der Waals surface area (Å²) in [6.07, 6.45) is 1.02. The smallest absolute Gasteiger partial charge is 0.240 e. The van der Waals surface area contributed by atoms with Crippen molar-refractivity contribution in [3.63, 3.8) is 0 Å². The summed E-state index contributed by atoms with van der Waals surface area (Å²) < 4.78 is 32.1. The highest BCUT2D eigenvalue weighted by molar-refractivity contribution is 7.89. The molecular formula is C13H20N2O3S. The van der Waals surface area contributed by atoms with Crippen molar-refractivity contribution in [1.29, 1.82) is 0 Å². The van der Waals surface area contributed by atoms with E-state index in [9.17, 15) is 8.42 Å². The van der Waals surface area contributed by atoms with Crippen LogP contribution >= 0.6 is 0 Å². The van der Waals surface area contributed by atoms with E-state index < -0.39 is 10.0 Å². The number of hydrogen-bond donors (Lipinski definition) is 2. The van der Waals surface area contributed by atoms with E-state index >= 15 is 0 Å². The quantitative estimate of drug-likeness (QED) is 0.817. The van der Waals surface area contributed by atoms with Crippen LogP contribution in [0.2, 0.25) is 0 Å². The Kier molecular flexibility index (Phi) is 4.79. The Labute approximate surface area is 114 Å². The van der Waals surface area contributed by atoms with E-state index in [2.05, 4.69) is 10.0 Å². The number of rotatable bonds is 6. The topological polar surface area (TPSA) is 67.4 Å². The van der Waals surface area contributed by atoms with Crippen LogP contribution in [0.1, 0.15) is 13.3 Å². The molecule has 1 unspecified atom stereocenters. The maximum absolute atomic E-state index is 12.1. The molecule has 106 valence electrons. The summed E-state index contributed by atoms with van der Waals surface area (Å²) in [4.78, 5) is 0.280. The molecule has 0 bridgehead atoms. The number of sulfonamides is 1. The first-order valence-corrected chi connectivity index (χ1v) is 8.03. The maximum Gasteiger partial charge on any atom is 0.240 e. The molecule has 0 saturated carbocycles. The van der Waals surface area contributed by atoms with E-state index in [4.69, 9.17) is 4.74 Å².